The molecule has 0 saturated heterocycles. The molecule has 4 nitrogen and oxygen atoms in total. The predicted molar refractivity (Wildman–Crippen MR) is 70.4 cm³/mol. The van der Waals surface area contributed by atoms with Gasteiger partial charge in [0.05, 0.1) is 5.69 Å². The molecule has 0 fully saturated rings. The molecular formula is C8H13Cl4NO3. The molecule has 1 unspecified atom stereocenters. The van der Waals surface area contributed by atoms with Gasteiger partial charge in [-0.05, 0) is 19.1 Å². The van der Waals surface area contributed by atoms with Gasteiger partial charge in [-0.1, -0.05) is 6.07 Å². The number of carbonyl (C=O) groups is 1. The van der Waals surface area contributed by atoms with Gasteiger partial charge in [0.15, 0.2) is 0 Å². The van der Waals surface area contributed by atoms with Crippen molar-refractivity contribution in [1.29, 1.82) is 1.43 Å². The Morgan fingerprint density at radius 3 is 2.31 bits per heavy atom. The van der Waals surface area contributed by atoms with Gasteiger partial charge in [0.2, 0.25) is 5.60 Å². The van der Waals surface area contributed by atoms with E-state index < -0.39 is 11.6 Å². The fraction of sp³-hybridized carbons (Fsp3) is 0.250. The number of aromatic nitrogens is 1. The highest BCUT2D eigenvalue weighted by atomic mass is 35.5. The van der Waals surface area contributed by atoms with Crippen LogP contribution in [0.4, 0.5) is 0 Å². The maximum atomic E-state index is 10.9. The number of aliphatic hydroxyl groups is 1. The van der Waals surface area contributed by atoms with Crippen molar-refractivity contribution in [2.24, 2.45) is 0 Å². The lowest BCUT2D eigenvalue weighted by molar-refractivity contribution is -0.158. The monoisotopic (exact) mass is 312 g/mol. The van der Waals surface area contributed by atoms with E-state index in [1.807, 2.05) is 0 Å². The van der Waals surface area contributed by atoms with E-state index in [4.69, 9.17) is 1.43 Å². The Morgan fingerprint density at radius 2 is 1.94 bits per heavy atom. The molecule has 1 atom stereocenters. The number of hydrogen-bond acceptors (Lipinski definition) is 4. The summed E-state index contributed by atoms with van der Waals surface area (Å²) in [5.74, 6) is -1.05. The topological polar surface area (TPSA) is 70.4 Å². The Balaban J connectivity index is -0.000000211. The zero-order chi connectivity index (χ0) is 9.90. The maximum Gasteiger partial charge on any atom is 0.341 e. The molecule has 0 aliphatic rings. The number of rotatable bonds is 2. The highest BCUT2D eigenvalue weighted by Gasteiger charge is 2.33. The van der Waals surface area contributed by atoms with E-state index in [-0.39, 0.29) is 55.3 Å². The van der Waals surface area contributed by atoms with Crippen molar-refractivity contribution >= 4 is 55.6 Å². The number of carboxylic acid groups (broad SMARTS) is 1. The standard InChI is InChI=1S/C8H9NO3.4ClH/c1-8(12,7(10)11)6-4-2-3-5-9-6;;;;/h2-5,12H,1H3,(H,10,11);4*1H/i/hD. The molecule has 16 heavy (non-hydrogen) atoms. The van der Waals surface area contributed by atoms with Crippen LogP contribution in [0.3, 0.4) is 0 Å². The number of nitrogens with zero attached hydrogens (tertiary/aromatic N) is 1. The van der Waals surface area contributed by atoms with E-state index in [1.165, 1.54) is 19.2 Å². The lowest BCUT2D eigenvalue weighted by Crippen LogP contribution is -2.32. The van der Waals surface area contributed by atoms with Gasteiger partial charge in [-0.25, -0.2) is 4.79 Å². The van der Waals surface area contributed by atoms with Crippen molar-refractivity contribution in [3.8, 4) is 0 Å². The minimum Gasteiger partial charge on any atom is -0.479 e. The summed E-state index contributed by atoms with van der Waals surface area (Å²) >= 11 is 0. The fourth-order valence-corrected chi connectivity index (χ4v) is 0.755. The fourth-order valence-electron chi connectivity index (χ4n) is 0.755. The lowest BCUT2D eigenvalue weighted by Gasteiger charge is -2.16. The van der Waals surface area contributed by atoms with Crippen molar-refractivity contribution in [2.45, 2.75) is 12.5 Å². The molecule has 8 heteroatoms. The number of carboxylic acids is 1. The average molecular weight is 314 g/mol. The third-order valence-corrected chi connectivity index (χ3v) is 1.56. The normalized spacial score (nSPS) is 12.0. The summed E-state index contributed by atoms with van der Waals surface area (Å²) < 4.78 is 6.38. The average Bonchev–Trinajstić information content (AvgIpc) is 2.18. The summed E-state index contributed by atoms with van der Waals surface area (Å²) in [6, 6.07) is 4.77. The van der Waals surface area contributed by atoms with Crippen molar-refractivity contribution in [2.75, 3.05) is 0 Å². The van der Waals surface area contributed by atoms with Crippen LogP contribution >= 0.6 is 49.6 Å². The molecule has 0 radical (unpaired) electrons. The molecular weight excluding hydrogens is 300 g/mol. The van der Waals surface area contributed by atoms with Crippen LogP contribution in [-0.2, 0) is 10.4 Å². The Hall–Kier alpha value is -0.260. The number of hydrogen-bond donors (Lipinski definition) is 2. The lowest BCUT2D eigenvalue weighted by atomic mass is 10.0. The van der Waals surface area contributed by atoms with E-state index in [1.54, 1.807) is 12.1 Å². The molecule has 2 N–H and O–H groups in total. The van der Waals surface area contributed by atoms with Gasteiger partial charge in [0.1, 0.15) is 0 Å². The van der Waals surface area contributed by atoms with E-state index in [9.17, 15) is 9.90 Å². The molecule has 0 aromatic carbocycles. The van der Waals surface area contributed by atoms with Gasteiger partial charge < -0.3 is 10.2 Å². The third-order valence-electron chi connectivity index (χ3n) is 1.56. The highest BCUT2D eigenvalue weighted by Crippen LogP contribution is 2.17. The SMILES string of the molecule is Cl.Cl.Cl.Cl.[2H]OC(=O)C(C)(O)c1ccccn1. The molecule has 0 spiro atoms. The summed E-state index contributed by atoms with van der Waals surface area (Å²) in [6.45, 7) is 1.23. The Kier molecular flexibility index (Phi) is 13.1. The first-order valence-electron chi connectivity index (χ1n) is 3.81. The second-order valence-corrected chi connectivity index (χ2v) is 2.57. The van der Waals surface area contributed by atoms with Crippen LogP contribution in [0.15, 0.2) is 24.4 Å². The van der Waals surface area contributed by atoms with Crippen LogP contribution in [-0.4, -0.2) is 21.2 Å². The van der Waals surface area contributed by atoms with Crippen molar-refractivity contribution < 1.29 is 15.0 Å². The van der Waals surface area contributed by atoms with Crippen LogP contribution in [0.25, 0.3) is 1.43 Å². The number of aliphatic carboxylic acids is 1. The molecule has 1 aromatic rings. The Bertz CT molecular complexity index is 313. The van der Waals surface area contributed by atoms with Gasteiger partial charge in [-0.15, -0.1) is 49.6 Å². The van der Waals surface area contributed by atoms with Gasteiger partial charge in [-0.2, -0.15) is 0 Å². The van der Waals surface area contributed by atoms with E-state index in [0.29, 0.717) is 0 Å². The molecule has 96 valence electrons. The van der Waals surface area contributed by atoms with Crippen LogP contribution in [0.1, 0.15) is 12.6 Å². The minimum atomic E-state index is -1.86. The van der Waals surface area contributed by atoms with Crippen LogP contribution in [0.2, 0.25) is 0 Å². The summed E-state index contributed by atoms with van der Waals surface area (Å²) in [4.78, 5) is 14.7. The molecule has 0 saturated carbocycles. The predicted octanol–water partition coefficient (Wildman–Crippen LogP) is 2.06. The maximum absolute atomic E-state index is 10.9. The largest absolute Gasteiger partial charge is 0.479 e. The summed E-state index contributed by atoms with van der Waals surface area (Å²) in [6.07, 6.45) is 1.45. The Labute approximate surface area is 120 Å². The molecule has 1 rings (SSSR count). The van der Waals surface area contributed by atoms with Gasteiger partial charge >= 0.3 is 5.97 Å². The van der Waals surface area contributed by atoms with Crippen molar-refractivity contribution in [3.63, 3.8) is 0 Å². The zero-order valence-corrected chi connectivity index (χ0v) is 11.4. The van der Waals surface area contributed by atoms with E-state index in [2.05, 4.69) is 10.1 Å². The summed E-state index contributed by atoms with van der Waals surface area (Å²) in [5.41, 5.74) is -1.70. The van der Waals surface area contributed by atoms with Crippen LogP contribution in [0, 0.1) is 0 Å². The summed E-state index contributed by atoms with van der Waals surface area (Å²) in [5, 5.41) is 13.3. The van der Waals surface area contributed by atoms with Gasteiger partial charge in [0.25, 0.3) is 1.43 Å². The van der Waals surface area contributed by atoms with Gasteiger partial charge in [0, 0.05) is 6.20 Å². The zero-order valence-electron chi connectivity index (χ0n) is 9.15. The van der Waals surface area contributed by atoms with Crippen molar-refractivity contribution in [3.05, 3.63) is 30.1 Å². The first-order chi connectivity index (χ1) is 6.09. The van der Waals surface area contributed by atoms with Gasteiger partial charge in [-0.3, -0.25) is 4.98 Å². The molecule has 0 bridgehead atoms. The van der Waals surface area contributed by atoms with Crippen molar-refractivity contribution in [1.82, 2.24) is 4.98 Å². The minimum absolute atomic E-state index is 0. The second kappa shape index (κ2) is 9.93. The number of pyridine rings is 1. The summed E-state index contributed by atoms with van der Waals surface area (Å²) in [7, 11) is 0. The Morgan fingerprint density at radius 1 is 1.38 bits per heavy atom. The van der Waals surface area contributed by atoms with Crippen LogP contribution < -0.4 is 0 Å². The highest BCUT2D eigenvalue weighted by molar-refractivity contribution is 5.86. The molecule has 0 aliphatic heterocycles. The van der Waals surface area contributed by atoms with E-state index >= 15 is 0 Å². The molecule has 1 aromatic heterocycles. The smallest absolute Gasteiger partial charge is 0.341 e. The first-order valence-corrected chi connectivity index (χ1v) is 3.40. The van der Waals surface area contributed by atoms with E-state index in [0.717, 1.165) is 0 Å². The third kappa shape index (κ3) is 5.72. The molecule has 0 amide bonds. The quantitative estimate of drug-likeness (QED) is 0.877. The molecule has 1 heterocycles. The number of halogens is 4. The van der Waals surface area contributed by atoms with Crippen LogP contribution in [0.5, 0.6) is 0 Å². The molecule has 0 aliphatic carbocycles. The second-order valence-electron chi connectivity index (χ2n) is 2.57. The first kappa shape index (κ1) is 21.1.